The van der Waals surface area contributed by atoms with E-state index in [1.54, 1.807) is 7.11 Å². The number of hydrogen-bond donors (Lipinski definition) is 2. The number of ether oxygens (including phenoxy) is 1. The SMILES string of the molecule is COCCNCc1ccc(N2CCCNC(=O)C2)c(Br)c1. The minimum absolute atomic E-state index is 0.0877. The highest BCUT2D eigenvalue weighted by Crippen LogP contribution is 2.28. The Kier molecular flexibility index (Phi) is 6.48. The zero-order chi connectivity index (χ0) is 15.1. The highest BCUT2D eigenvalue weighted by molar-refractivity contribution is 9.10. The number of carbonyl (C=O) groups is 1. The average molecular weight is 356 g/mol. The Morgan fingerprint density at radius 1 is 1.48 bits per heavy atom. The minimum atomic E-state index is 0.0877. The highest BCUT2D eigenvalue weighted by Gasteiger charge is 2.17. The molecule has 0 aromatic heterocycles. The molecule has 5 nitrogen and oxygen atoms in total. The molecule has 1 aromatic rings. The van der Waals surface area contributed by atoms with Crippen LogP contribution in [-0.4, -0.2) is 45.8 Å². The maximum Gasteiger partial charge on any atom is 0.239 e. The lowest BCUT2D eigenvalue weighted by Gasteiger charge is -2.23. The van der Waals surface area contributed by atoms with Crippen molar-refractivity contribution in [1.82, 2.24) is 10.6 Å². The number of amides is 1. The monoisotopic (exact) mass is 355 g/mol. The predicted molar refractivity (Wildman–Crippen MR) is 87.6 cm³/mol. The van der Waals surface area contributed by atoms with Crippen molar-refractivity contribution in [2.45, 2.75) is 13.0 Å². The molecule has 1 heterocycles. The standard InChI is InChI=1S/C15H22BrN3O2/c1-21-8-6-17-10-12-3-4-14(13(16)9-12)19-7-2-5-18-15(20)11-19/h3-4,9,17H,2,5-8,10-11H2,1H3,(H,18,20). The van der Waals surface area contributed by atoms with Crippen LogP contribution in [0, 0.1) is 0 Å². The number of nitrogens with zero attached hydrogens (tertiary/aromatic N) is 1. The first kappa shape index (κ1) is 16.3. The maximum absolute atomic E-state index is 11.7. The number of benzene rings is 1. The van der Waals surface area contributed by atoms with Crippen LogP contribution in [0.15, 0.2) is 22.7 Å². The molecule has 0 saturated carbocycles. The van der Waals surface area contributed by atoms with Crippen molar-refractivity contribution < 1.29 is 9.53 Å². The second-order valence-electron chi connectivity index (χ2n) is 5.08. The highest BCUT2D eigenvalue weighted by atomic mass is 79.9. The van der Waals surface area contributed by atoms with Gasteiger partial charge >= 0.3 is 0 Å². The number of anilines is 1. The largest absolute Gasteiger partial charge is 0.383 e. The van der Waals surface area contributed by atoms with E-state index < -0.39 is 0 Å². The Balaban J connectivity index is 1.99. The molecule has 0 atom stereocenters. The van der Waals surface area contributed by atoms with E-state index in [9.17, 15) is 4.79 Å². The summed E-state index contributed by atoms with van der Waals surface area (Å²) in [5.74, 6) is 0.0877. The molecule has 0 radical (unpaired) electrons. The van der Waals surface area contributed by atoms with Crippen LogP contribution in [0.25, 0.3) is 0 Å². The third-order valence-electron chi connectivity index (χ3n) is 3.43. The van der Waals surface area contributed by atoms with E-state index in [0.29, 0.717) is 13.2 Å². The summed E-state index contributed by atoms with van der Waals surface area (Å²) in [6.45, 7) is 4.42. The van der Waals surface area contributed by atoms with Gasteiger partial charge in [0.25, 0.3) is 0 Å². The molecule has 0 aliphatic carbocycles. The van der Waals surface area contributed by atoms with Gasteiger partial charge in [-0.15, -0.1) is 0 Å². The molecular weight excluding hydrogens is 334 g/mol. The zero-order valence-corrected chi connectivity index (χ0v) is 13.9. The van der Waals surface area contributed by atoms with E-state index in [-0.39, 0.29) is 5.91 Å². The molecule has 21 heavy (non-hydrogen) atoms. The normalized spacial score (nSPS) is 15.7. The predicted octanol–water partition coefficient (Wildman–Crippen LogP) is 1.51. The molecule has 0 bridgehead atoms. The molecule has 1 aliphatic heterocycles. The van der Waals surface area contributed by atoms with Crippen molar-refractivity contribution in [3.8, 4) is 0 Å². The van der Waals surface area contributed by atoms with Crippen molar-refractivity contribution in [3.05, 3.63) is 28.2 Å². The molecule has 6 heteroatoms. The Bertz CT molecular complexity index is 482. The van der Waals surface area contributed by atoms with Gasteiger partial charge in [0.05, 0.1) is 18.8 Å². The summed E-state index contributed by atoms with van der Waals surface area (Å²) in [6.07, 6.45) is 0.971. The third kappa shape index (κ3) is 4.98. The zero-order valence-electron chi connectivity index (χ0n) is 12.3. The van der Waals surface area contributed by atoms with Crippen molar-refractivity contribution in [2.24, 2.45) is 0 Å². The molecule has 0 unspecified atom stereocenters. The van der Waals surface area contributed by atoms with Gasteiger partial charge in [-0.2, -0.15) is 0 Å². The van der Waals surface area contributed by atoms with Gasteiger partial charge in [-0.3, -0.25) is 4.79 Å². The first-order valence-electron chi connectivity index (χ1n) is 7.20. The quantitative estimate of drug-likeness (QED) is 0.759. The molecular formula is C15H22BrN3O2. The molecule has 1 aliphatic rings. The van der Waals surface area contributed by atoms with Crippen molar-refractivity contribution in [2.75, 3.05) is 44.8 Å². The van der Waals surface area contributed by atoms with Crippen LogP contribution in [0.2, 0.25) is 0 Å². The number of methoxy groups -OCH3 is 1. The maximum atomic E-state index is 11.7. The Morgan fingerprint density at radius 2 is 2.33 bits per heavy atom. The summed E-state index contributed by atoms with van der Waals surface area (Å²) in [5, 5.41) is 6.22. The average Bonchev–Trinajstić information content (AvgIpc) is 2.68. The van der Waals surface area contributed by atoms with Crippen molar-refractivity contribution in [1.29, 1.82) is 0 Å². The van der Waals surface area contributed by atoms with Crippen LogP contribution in [0.5, 0.6) is 0 Å². The fraction of sp³-hybridized carbons (Fsp3) is 0.533. The molecule has 1 amide bonds. The van der Waals surface area contributed by atoms with Crippen molar-refractivity contribution >= 4 is 27.5 Å². The molecule has 1 fully saturated rings. The van der Waals surface area contributed by atoms with Crippen LogP contribution in [0.3, 0.4) is 0 Å². The Morgan fingerprint density at radius 3 is 3.10 bits per heavy atom. The summed E-state index contributed by atoms with van der Waals surface area (Å²) in [7, 11) is 1.70. The molecule has 1 aromatic carbocycles. The van der Waals surface area contributed by atoms with E-state index in [0.717, 1.165) is 42.8 Å². The minimum Gasteiger partial charge on any atom is -0.383 e. The topological polar surface area (TPSA) is 53.6 Å². The van der Waals surface area contributed by atoms with E-state index in [1.807, 2.05) is 0 Å². The molecule has 0 spiro atoms. The van der Waals surface area contributed by atoms with E-state index >= 15 is 0 Å². The first-order valence-corrected chi connectivity index (χ1v) is 7.99. The number of halogens is 1. The number of hydrogen-bond acceptors (Lipinski definition) is 4. The third-order valence-corrected chi connectivity index (χ3v) is 4.06. The second kappa shape index (κ2) is 8.36. The van der Waals surface area contributed by atoms with Crippen molar-refractivity contribution in [3.63, 3.8) is 0 Å². The summed E-state index contributed by atoms with van der Waals surface area (Å²) in [5.41, 5.74) is 2.29. The summed E-state index contributed by atoms with van der Waals surface area (Å²) < 4.78 is 6.04. The molecule has 2 N–H and O–H groups in total. The molecule has 116 valence electrons. The van der Waals surface area contributed by atoms with Gasteiger partial charge in [-0.05, 0) is 40.0 Å². The van der Waals surface area contributed by atoms with Gasteiger partial charge < -0.3 is 20.3 Å². The first-order chi connectivity index (χ1) is 10.2. The Labute approximate surface area is 134 Å². The Hall–Kier alpha value is -1.11. The number of rotatable bonds is 6. The van der Waals surface area contributed by atoms with Crippen LogP contribution in [0.4, 0.5) is 5.69 Å². The lowest BCUT2D eigenvalue weighted by Crippen LogP contribution is -2.33. The smallest absolute Gasteiger partial charge is 0.239 e. The number of carbonyl (C=O) groups excluding carboxylic acids is 1. The molecule has 1 saturated heterocycles. The van der Waals surface area contributed by atoms with Crippen LogP contribution in [0.1, 0.15) is 12.0 Å². The summed E-state index contributed by atoms with van der Waals surface area (Å²) in [6, 6.07) is 6.29. The van der Waals surface area contributed by atoms with E-state index in [1.165, 1.54) is 5.56 Å². The van der Waals surface area contributed by atoms with Crippen LogP contribution < -0.4 is 15.5 Å². The van der Waals surface area contributed by atoms with Gasteiger partial charge in [0, 0.05) is 37.8 Å². The van der Waals surface area contributed by atoms with Gasteiger partial charge in [-0.1, -0.05) is 6.07 Å². The lowest BCUT2D eigenvalue weighted by molar-refractivity contribution is -0.119. The van der Waals surface area contributed by atoms with E-state index in [4.69, 9.17) is 4.74 Å². The second-order valence-corrected chi connectivity index (χ2v) is 5.93. The van der Waals surface area contributed by atoms with Crippen LogP contribution in [-0.2, 0) is 16.1 Å². The van der Waals surface area contributed by atoms with Gasteiger partial charge in [0.1, 0.15) is 0 Å². The number of nitrogens with one attached hydrogen (secondary N) is 2. The summed E-state index contributed by atoms with van der Waals surface area (Å²) >= 11 is 3.62. The van der Waals surface area contributed by atoms with Gasteiger partial charge in [0.2, 0.25) is 5.91 Å². The molecule has 2 rings (SSSR count). The van der Waals surface area contributed by atoms with E-state index in [2.05, 4.69) is 49.7 Å². The fourth-order valence-electron chi connectivity index (χ4n) is 2.34. The van der Waals surface area contributed by atoms with Gasteiger partial charge in [0.15, 0.2) is 0 Å². The fourth-order valence-corrected chi connectivity index (χ4v) is 3.01. The summed E-state index contributed by atoms with van der Waals surface area (Å²) in [4.78, 5) is 13.8. The lowest BCUT2D eigenvalue weighted by atomic mass is 10.2. The van der Waals surface area contributed by atoms with Crippen LogP contribution >= 0.6 is 15.9 Å². The van der Waals surface area contributed by atoms with Gasteiger partial charge in [-0.25, -0.2) is 0 Å².